The molecular formula is C28H41N3O. The molecule has 0 aliphatic heterocycles. The van der Waals surface area contributed by atoms with Gasteiger partial charge in [0.05, 0.1) is 11.8 Å². The average Bonchev–Trinajstić information content (AvgIpc) is 3.38. The lowest BCUT2D eigenvalue weighted by Gasteiger charge is -2.56. The fraction of sp³-hybridized carbons (Fsp3) is 0.821. The highest BCUT2D eigenvalue weighted by Gasteiger charge is 2.57. The molecule has 32 heavy (non-hydrogen) atoms. The Kier molecular flexibility index (Phi) is 5.54. The van der Waals surface area contributed by atoms with Gasteiger partial charge in [0.25, 0.3) is 0 Å². The molecule has 4 nitrogen and oxygen atoms in total. The minimum atomic E-state index is -0.697. The van der Waals surface area contributed by atoms with Gasteiger partial charge in [-0.25, -0.2) is 0 Å². The monoisotopic (exact) mass is 435 g/mol. The molecule has 1 heterocycles. The van der Waals surface area contributed by atoms with Crippen LogP contribution in [0.1, 0.15) is 97.5 Å². The summed E-state index contributed by atoms with van der Waals surface area (Å²) in [6.45, 7) is 8.91. The minimum absolute atomic E-state index is 0.268. The van der Waals surface area contributed by atoms with Crippen LogP contribution in [-0.4, -0.2) is 15.6 Å². The van der Waals surface area contributed by atoms with Crippen molar-refractivity contribution >= 4 is 5.78 Å². The number of carbonyl (C=O) groups excluding carboxylic acids is 1. The van der Waals surface area contributed by atoms with Gasteiger partial charge in [-0.15, -0.1) is 0 Å². The number of fused-ring (bicyclic) bond motifs is 5. The Hall–Kier alpha value is -1.63. The highest BCUT2D eigenvalue weighted by molar-refractivity contribution is 5.86. The van der Waals surface area contributed by atoms with Gasteiger partial charge >= 0.3 is 0 Å². The number of rotatable bonds is 4. The molecule has 4 fully saturated rings. The molecule has 1 aromatic rings. The molecule has 0 aromatic carbocycles. The predicted molar refractivity (Wildman–Crippen MR) is 126 cm³/mol. The van der Waals surface area contributed by atoms with Crippen molar-refractivity contribution in [1.29, 1.82) is 5.26 Å². The summed E-state index contributed by atoms with van der Waals surface area (Å²) < 4.78 is 1.70. The van der Waals surface area contributed by atoms with Crippen LogP contribution >= 0.6 is 0 Å². The summed E-state index contributed by atoms with van der Waals surface area (Å²) in [7, 11) is 0. The van der Waals surface area contributed by atoms with Gasteiger partial charge in [-0.05, 0) is 112 Å². The summed E-state index contributed by atoms with van der Waals surface area (Å²) in [5.41, 5.74) is 0.145. The fourth-order valence-corrected chi connectivity index (χ4v) is 8.82. The van der Waals surface area contributed by atoms with E-state index in [2.05, 4.69) is 25.0 Å². The summed E-state index contributed by atoms with van der Waals surface area (Å²) in [5, 5.41) is 13.5. The van der Waals surface area contributed by atoms with Gasteiger partial charge in [-0.3, -0.25) is 9.48 Å². The van der Waals surface area contributed by atoms with Crippen molar-refractivity contribution in [3.63, 3.8) is 0 Å². The molecule has 4 aliphatic rings. The molecule has 4 aliphatic carbocycles. The van der Waals surface area contributed by atoms with Gasteiger partial charge in [0.1, 0.15) is 11.6 Å². The molecule has 0 amide bonds. The lowest BCUT2D eigenvalue weighted by molar-refractivity contribution is -0.129. The molecule has 0 radical (unpaired) electrons. The molecule has 4 saturated carbocycles. The first kappa shape index (κ1) is 22.2. The van der Waals surface area contributed by atoms with Crippen molar-refractivity contribution in [2.45, 2.75) is 97.4 Å². The minimum Gasteiger partial charge on any atom is -0.297 e. The topological polar surface area (TPSA) is 58.7 Å². The molecular weight excluding hydrogens is 394 g/mol. The van der Waals surface area contributed by atoms with E-state index in [9.17, 15) is 4.79 Å². The average molecular weight is 436 g/mol. The Bertz CT molecular complexity index is 910. The van der Waals surface area contributed by atoms with Crippen LogP contribution in [0.15, 0.2) is 12.4 Å². The molecule has 8 atom stereocenters. The van der Waals surface area contributed by atoms with Gasteiger partial charge < -0.3 is 0 Å². The molecule has 0 spiro atoms. The third kappa shape index (κ3) is 3.46. The van der Waals surface area contributed by atoms with Gasteiger partial charge in [0, 0.05) is 12.6 Å². The van der Waals surface area contributed by atoms with Crippen LogP contribution in [0.3, 0.4) is 0 Å². The maximum atomic E-state index is 13.5. The second-order valence-electron chi connectivity index (χ2n) is 12.6. The van der Waals surface area contributed by atoms with Gasteiger partial charge in [0.15, 0.2) is 5.78 Å². The van der Waals surface area contributed by atoms with E-state index in [0.29, 0.717) is 23.3 Å². The van der Waals surface area contributed by atoms with Crippen LogP contribution in [-0.2, 0) is 10.3 Å². The van der Waals surface area contributed by atoms with E-state index in [1.165, 1.54) is 57.8 Å². The summed E-state index contributed by atoms with van der Waals surface area (Å²) in [6.07, 6.45) is 16.5. The van der Waals surface area contributed by atoms with Gasteiger partial charge in [-0.2, -0.15) is 10.4 Å². The SMILES string of the molecule is C[C@H]1CC[C@@H]2C3CC[C@@]4(C)C(CC[C@@H]4CC(=O)C(C)(C)n4cc(C#N)cn4)[C@@H]3CC[C@@H]2C1. The highest BCUT2D eigenvalue weighted by atomic mass is 16.1. The fourth-order valence-electron chi connectivity index (χ4n) is 8.82. The number of carbonyl (C=O) groups is 1. The van der Waals surface area contributed by atoms with Crippen molar-refractivity contribution < 1.29 is 4.79 Å². The van der Waals surface area contributed by atoms with E-state index < -0.39 is 5.54 Å². The third-order valence-corrected chi connectivity index (χ3v) is 10.8. The van der Waals surface area contributed by atoms with Crippen LogP contribution in [0.4, 0.5) is 0 Å². The number of nitriles is 1. The van der Waals surface area contributed by atoms with Crippen molar-refractivity contribution in [3.8, 4) is 6.07 Å². The Balaban J connectivity index is 1.30. The van der Waals surface area contributed by atoms with E-state index in [1.54, 1.807) is 17.1 Å². The maximum absolute atomic E-state index is 13.5. The number of hydrogen-bond donors (Lipinski definition) is 0. The molecule has 174 valence electrons. The van der Waals surface area contributed by atoms with Gasteiger partial charge in [-0.1, -0.05) is 20.3 Å². The quantitative estimate of drug-likeness (QED) is 0.553. The highest BCUT2D eigenvalue weighted by Crippen LogP contribution is 2.65. The normalized spacial score (nSPS) is 41.3. The van der Waals surface area contributed by atoms with Crippen LogP contribution in [0.25, 0.3) is 0 Å². The lowest BCUT2D eigenvalue weighted by atomic mass is 9.49. The van der Waals surface area contributed by atoms with Crippen molar-refractivity contribution in [2.75, 3.05) is 0 Å². The summed E-state index contributed by atoms with van der Waals surface area (Å²) in [4.78, 5) is 13.5. The Morgan fingerprint density at radius 2 is 1.94 bits per heavy atom. The first-order chi connectivity index (χ1) is 15.2. The Morgan fingerprint density at radius 3 is 2.69 bits per heavy atom. The predicted octanol–water partition coefficient (Wildman–Crippen LogP) is 6.35. The summed E-state index contributed by atoms with van der Waals surface area (Å²) >= 11 is 0. The second-order valence-corrected chi connectivity index (χ2v) is 12.6. The largest absolute Gasteiger partial charge is 0.297 e. The zero-order valence-electron chi connectivity index (χ0n) is 20.5. The number of ketones is 1. The Morgan fingerprint density at radius 1 is 1.16 bits per heavy atom. The summed E-state index contributed by atoms with van der Waals surface area (Å²) in [5.74, 6) is 6.36. The number of Topliss-reactive ketones (excluding diaryl/α,β-unsaturated/α-hetero) is 1. The van der Waals surface area contributed by atoms with E-state index in [4.69, 9.17) is 5.26 Å². The van der Waals surface area contributed by atoms with E-state index in [0.717, 1.165) is 35.5 Å². The van der Waals surface area contributed by atoms with Gasteiger partial charge in [0.2, 0.25) is 0 Å². The van der Waals surface area contributed by atoms with E-state index in [1.807, 2.05) is 13.8 Å². The smallest absolute Gasteiger partial charge is 0.160 e. The zero-order chi connectivity index (χ0) is 22.7. The first-order valence-corrected chi connectivity index (χ1v) is 13.2. The Labute approximate surface area is 194 Å². The molecule has 0 N–H and O–H groups in total. The molecule has 0 bridgehead atoms. The molecule has 4 heteroatoms. The second kappa shape index (κ2) is 8.00. The number of nitrogens with zero attached hydrogens (tertiary/aromatic N) is 3. The standard InChI is InChI=1S/C28H41N3O/c1-18-5-8-22-20(13-18)6-9-24-23(22)11-12-28(4)21(7-10-25(24)28)14-26(32)27(2,3)31-17-19(15-29)16-30-31/h16-18,20-25H,5-14H2,1-4H3/t18-,20+,21+,22-,23?,24+,25?,28+/m0/s1. The number of aromatic nitrogens is 2. The summed E-state index contributed by atoms with van der Waals surface area (Å²) in [6, 6.07) is 2.13. The molecule has 0 saturated heterocycles. The number of hydrogen-bond acceptors (Lipinski definition) is 3. The molecule has 2 unspecified atom stereocenters. The third-order valence-electron chi connectivity index (χ3n) is 10.8. The van der Waals surface area contributed by atoms with Crippen LogP contribution < -0.4 is 0 Å². The van der Waals surface area contributed by atoms with Crippen LogP contribution in [0.2, 0.25) is 0 Å². The van der Waals surface area contributed by atoms with Crippen molar-refractivity contribution in [1.82, 2.24) is 9.78 Å². The molecule has 1 aromatic heterocycles. The van der Waals surface area contributed by atoms with E-state index >= 15 is 0 Å². The van der Waals surface area contributed by atoms with Crippen molar-refractivity contribution in [2.24, 2.45) is 46.8 Å². The zero-order valence-corrected chi connectivity index (χ0v) is 20.5. The lowest BCUT2D eigenvalue weighted by Crippen LogP contribution is -2.49. The van der Waals surface area contributed by atoms with Crippen molar-refractivity contribution in [3.05, 3.63) is 18.0 Å². The first-order valence-electron chi connectivity index (χ1n) is 13.2. The molecule has 5 rings (SSSR count). The van der Waals surface area contributed by atoms with Crippen LogP contribution in [0, 0.1) is 58.2 Å². The van der Waals surface area contributed by atoms with Crippen LogP contribution in [0.5, 0.6) is 0 Å². The van der Waals surface area contributed by atoms with E-state index in [-0.39, 0.29) is 5.78 Å². The maximum Gasteiger partial charge on any atom is 0.160 e.